The summed E-state index contributed by atoms with van der Waals surface area (Å²) in [5.41, 5.74) is 0.570. The van der Waals surface area contributed by atoms with Crippen LogP contribution in [-0.2, 0) is 14.8 Å². The zero-order valence-electron chi connectivity index (χ0n) is 20.8. The molecule has 2 heterocycles. The van der Waals surface area contributed by atoms with E-state index in [4.69, 9.17) is 4.74 Å². The minimum atomic E-state index is -3.72. The van der Waals surface area contributed by atoms with Crippen LogP contribution in [0.15, 0.2) is 47.4 Å². The van der Waals surface area contributed by atoms with E-state index in [-0.39, 0.29) is 41.6 Å². The monoisotopic (exact) mass is 534 g/mol. The number of ether oxygens (including phenoxy) is 1. The highest BCUT2D eigenvalue weighted by molar-refractivity contribution is 7.89. The lowest BCUT2D eigenvalue weighted by atomic mass is 10.2. The number of carbonyl (C=O) groups excluding carboxylic acids is 1. The van der Waals surface area contributed by atoms with E-state index >= 15 is 0 Å². The van der Waals surface area contributed by atoms with Gasteiger partial charge in [0.15, 0.2) is 5.13 Å². The average molecular weight is 535 g/mol. The Kier molecular flexibility index (Phi) is 8.06. The van der Waals surface area contributed by atoms with Gasteiger partial charge in [0.05, 0.1) is 21.8 Å². The summed E-state index contributed by atoms with van der Waals surface area (Å²) in [4.78, 5) is 21.6. The highest BCUT2D eigenvalue weighted by Crippen LogP contribution is 2.31. The molecule has 36 heavy (non-hydrogen) atoms. The molecule has 0 saturated carbocycles. The van der Waals surface area contributed by atoms with E-state index in [0.717, 1.165) is 6.54 Å². The number of aromatic nitrogens is 1. The van der Waals surface area contributed by atoms with Gasteiger partial charge in [-0.05, 0) is 77.3 Å². The van der Waals surface area contributed by atoms with E-state index in [2.05, 4.69) is 4.98 Å². The highest BCUT2D eigenvalue weighted by atomic mass is 32.2. The van der Waals surface area contributed by atoms with Crippen LogP contribution in [0.1, 0.15) is 30.6 Å². The van der Waals surface area contributed by atoms with Crippen molar-refractivity contribution >= 4 is 42.6 Å². The van der Waals surface area contributed by atoms with Gasteiger partial charge in [-0.1, -0.05) is 17.4 Å². The van der Waals surface area contributed by atoms with Crippen LogP contribution < -0.4 is 4.90 Å². The Bertz CT molecular complexity index is 1320. The second kappa shape index (κ2) is 10.9. The number of amides is 1. The second-order valence-corrected chi connectivity index (χ2v) is 12.2. The molecule has 4 rings (SSSR count). The number of carbonyl (C=O) groups is 1. The van der Waals surface area contributed by atoms with E-state index in [1.165, 1.54) is 46.0 Å². The Balaban J connectivity index is 1.60. The Morgan fingerprint density at radius 2 is 1.78 bits per heavy atom. The van der Waals surface area contributed by atoms with Crippen molar-refractivity contribution in [3.63, 3.8) is 0 Å². The molecule has 194 valence electrons. The summed E-state index contributed by atoms with van der Waals surface area (Å²) in [6.45, 7) is 5.40. The maximum absolute atomic E-state index is 14.3. The molecule has 11 heteroatoms. The number of nitrogens with zero attached hydrogens (tertiary/aromatic N) is 4. The molecule has 1 aromatic heterocycles. The SMILES string of the molecule is CC1CN(S(=O)(=O)c2ccc(C(=O)N(CCCN(C)C)c3nc4c(F)cccc4s3)cc2)CC(C)O1. The normalized spacial score (nSPS) is 19.2. The van der Waals surface area contributed by atoms with E-state index in [1.54, 1.807) is 17.0 Å². The predicted molar refractivity (Wildman–Crippen MR) is 140 cm³/mol. The molecular formula is C25H31FN4O4S2. The van der Waals surface area contributed by atoms with Gasteiger partial charge in [0.25, 0.3) is 5.91 Å². The van der Waals surface area contributed by atoms with Gasteiger partial charge < -0.3 is 9.64 Å². The number of fused-ring (bicyclic) bond motifs is 1. The van der Waals surface area contributed by atoms with E-state index < -0.39 is 15.8 Å². The van der Waals surface area contributed by atoms with Gasteiger partial charge in [-0.3, -0.25) is 9.69 Å². The van der Waals surface area contributed by atoms with Crippen LogP contribution in [0.3, 0.4) is 0 Å². The van der Waals surface area contributed by atoms with Crippen molar-refractivity contribution in [3.05, 3.63) is 53.8 Å². The first-order chi connectivity index (χ1) is 17.1. The molecule has 0 radical (unpaired) electrons. The molecule has 0 bridgehead atoms. The molecule has 2 aromatic carbocycles. The third-order valence-electron chi connectivity index (χ3n) is 5.95. The van der Waals surface area contributed by atoms with E-state index in [1.807, 2.05) is 32.8 Å². The predicted octanol–water partition coefficient (Wildman–Crippen LogP) is 3.83. The molecule has 1 amide bonds. The van der Waals surface area contributed by atoms with E-state index in [0.29, 0.717) is 28.4 Å². The molecule has 0 aliphatic carbocycles. The van der Waals surface area contributed by atoms with Gasteiger partial charge in [0.2, 0.25) is 10.0 Å². The molecule has 2 atom stereocenters. The van der Waals surface area contributed by atoms with Gasteiger partial charge in [0, 0.05) is 25.2 Å². The molecule has 1 saturated heterocycles. The topological polar surface area (TPSA) is 83.1 Å². The Labute approximate surface area is 215 Å². The number of hydrogen-bond acceptors (Lipinski definition) is 7. The minimum absolute atomic E-state index is 0.126. The van der Waals surface area contributed by atoms with Crippen LogP contribution in [0.4, 0.5) is 9.52 Å². The zero-order chi connectivity index (χ0) is 26.0. The number of anilines is 1. The van der Waals surface area contributed by atoms with Crippen molar-refractivity contribution in [2.45, 2.75) is 37.4 Å². The Hall–Kier alpha value is -2.44. The third kappa shape index (κ3) is 5.76. The first-order valence-corrected chi connectivity index (χ1v) is 14.1. The summed E-state index contributed by atoms with van der Waals surface area (Å²) in [5, 5.41) is 0.409. The number of rotatable bonds is 8. The lowest BCUT2D eigenvalue weighted by Crippen LogP contribution is -2.48. The van der Waals surface area contributed by atoms with Crippen molar-refractivity contribution in [2.24, 2.45) is 0 Å². The Morgan fingerprint density at radius 1 is 1.11 bits per heavy atom. The largest absolute Gasteiger partial charge is 0.373 e. The molecule has 1 fully saturated rings. The summed E-state index contributed by atoms with van der Waals surface area (Å²) in [7, 11) is 0.188. The molecule has 8 nitrogen and oxygen atoms in total. The second-order valence-electron chi connectivity index (χ2n) is 9.30. The van der Waals surface area contributed by atoms with Crippen molar-refractivity contribution in [1.82, 2.24) is 14.2 Å². The number of morpholine rings is 1. The maximum Gasteiger partial charge on any atom is 0.260 e. The lowest BCUT2D eigenvalue weighted by Gasteiger charge is -2.34. The van der Waals surface area contributed by atoms with Crippen LogP contribution in [-0.4, -0.2) is 81.0 Å². The number of benzene rings is 2. The molecule has 1 aliphatic heterocycles. The van der Waals surface area contributed by atoms with Gasteiger partial charge in [-0.15, -0.1) is 0 Å². The summed E-state index contributed by atoms with van der Waals surface area (Å²) in [5.74, 6) is -0.747. The van der Waals surface area contributed by atoms with Crippen LogP contribution in [0, 0.1) is 5.82 Å². The lowest BCUT2D eigenvalue weighted by molar-refractivity contribution is -0.0440. The van der Waals surface area contributed by atoms with Gasteiger partial charge in [0.1, 0.15) is 11.3 Å². The number of para-hydroxylation sites is 1. The maximum atomic E-state index is 14.3. The molecule has 2 unspecified atom stereocenters. The van der Waals surface area contributed by atoms with Gasteiger partial charge in [-0.2, -0.15) is 4.31 Å². The summed E-state index contributed by atoms with van der Waals surface area (Å²) in [6.07, 6.45) is 0.300. The fourth-order valence-electron chi connectivity index (χ4n) is 4.25. The molecule has 3 aromatic rings. The quantitative estimate of drug-likeness (QED) is 0.437. The van der Waals surface area contributed by atoms with Crippen LogP contribution in [0.5, 0.6) is 0 Å². The number of sulfonamides is 1. The number of halogens is 1. The van der Waals surface area contributed by atoms with Crippen molar-refractivity contribution in [1.29, 1.82) is 0 Å². The fraction of sp³-hybridized carbons (Fsp3) is 0.440. The smallest absolute Gasteiger partial charge is 0.260 e. The molecule has 0 spiro atoms. The van der Waals surface area contributed by atoms with Crippen molar-refractivity contribution < 1.29 is 22.3 Å². The van der Waals surface area contributed by atoms with Gasteiger partial charge in [-0.25, -0.2) is 17.8 Å². The molecule has 0 N–H and O–H groups in total. The highest BCUT2D eigenvalue weighted by Gasteiger charge is 2.32. The fourth-order valence-corrected chi connectivity index (χ4v) is 6.84. The van der Waals surface area contributed by atoms with Crippen LogP contribution >= 0.6 is 11.3 Å². The number of thiazole rings is 1. The minimum Gasteiger partial charge on any atom is -0.373 e. The summed E-state index contributed by atoms with van der Waals surface area (Å²) < 4.78 is 48.4. The van der Waals surface area contributed by atoms with Gasteiger partial charge >= 0.3 is 0 Å². The van der Waals surface area contributed by atoms with Crippen molar-refractivity contribution in [3.8, 4) is 0 Å². The standard InChI is InChI=1S/C25H31FN4O4S2/c1-17-15-29(16-18(2)34-17)36(32,33)20-11-9-19(10-12-20)24(31)30(14-6-13-28(3)4)25-27-23-21(26)7-5-8-22(23)35-25/h5,7-12,17-18H,6,13-16H2,1-4H3. The zero-order valence-corrected chi connectivity index (χ0v) is 22.5. The summed E-state index contributed by atoms with van der Waals surface area (Å²) >= 11 is 1.25. The van der Waals surface area contributed by atoms with Crippen LogP contribution in [0.2, 0.25) is 0 Å². The van der Waals surface area contributed by atoms with E-state index in [9.17, 15) is 17.6 Å². The number of hydrogen-bond donors (Lipinski definition) is 0. The average Bonchev–Trinajstić information content (AvgIpc) is 3.26. The molecule has 1 aliphatic rings. The Morgan fingerprint density at radius 3 is 2.39 bits per heavy atom. The first kappa shape index (κ1) is 26.6. The van der Waals surface area contributed by atoms with Crippen molar-refractivity contribution in [2.75, 3.05) is 45.2 Å². The molecular weight excluding hydrogens is 503 g/mol. The first-order valence-electron chi connectivity index (χ1n) is 11.8. The van der Waals surface area contributed by atoms with Crippen LogP contribution in [0.25, 0.3) is 10.2 Å². The third-order valence-corrected chi connectivity index (χ3v) is 8.84. The summed E-state index contributed by atoms with van der Waals surface area (Å²) in [6, 6.07) is 10.7.